The standard InChI is InChI=1S/C11H11ClFNO3S/c12-9-5-7(1-2-10(9)13)11(15)14-8-3-4-18(16,17)6-8/h1-2,5,8H,3-4,6H2,(H,14,15). The second kappa shape index (κ2) is 4.85. The Balaban J connectivity index is 2.06. The van der Waals surface area contributed by atoms with Gasteiger partial charge in [0.25, 0.3) is 5.91 Å². The summed E-state index contributed by atoms with van der Waals surface area (Å²) in [4.78, 5) is 11.8. The highest BCUT2D eigenvalue weighted by atomic mass is 35.5. The van der Waals surface area contributed by atoms with E-state index in [1.807, 2.05) is 0 Å². The molecule has 1 unspecified atom stereocenters. The van der Waals surface area contributed by atoms with Gasteiger partial charge in [0.2, 0.25) is 0 Å². The lowest BCUT2D eigenvalue weighted by Gasteiger charge is -2.10. The fourth-order valence-electron chi connectivity index (χ4n) is 1.81. The van der Waals surface area contributed by atoms with Crippen LogP contribution in [0.2, 0.25) is 5.02 Å². The molecule has 18 heavy (non-hydrogen) atoms. The minimum atomic E-state index is -3.04. The molecule has 0 aromatic heterocycles. The van der Waals surface area contributed by atoms with Crippen LogP contribution in [0.1, 0.15) is 16.8 Å². The zero-order valence-electron chi connectivity index (χ0n) is 9.32. The highest BCUT2D eigenvalue weighted by Gasteiger charge is 2.29. The van der Waals surface area contributed by atoms with Gasteiger partial charge in [0.05, 0.1) is 16.5 Å². The molecule has 1 atom stereocenters. The van der Waals surface area contributed by atoms with Crippen molar-refractivity contribution in [2.45, 2.75) is 12.5 Å². The highest BCUT2D eigenvalue weighted by molar-refractivity contribution is 7.91. The quantitative estimate of drug-likeness (QED) is 0.896. The summed E-state index contributed by atoms with van der Waals surface area (Å²) in [5, 5.41) is 2.46. The summed E-state index contributed by atoms with van der Waals surface area (Å²) >= 11 is 5.57. The van der Waals surface area contributed by atoms with Gasteiger partial charge in [-0.3, -0.25) is 4.79 Å². The first kappa shape index (κ1) is 13.3. The molecule has 1 fully saturated rings. The molecule has 1 saturated heterocycles. The Kier molecular flexibility index (Phi) is 3.59. The van der Waals surface area contributed by atoms with Crippen LogP contribution < -0.4 is 5.32 Å². The summed E-state index contributed by atoms with van der Waals surface area (Å²) in [5.74, 6) is -1.01. The van der Waals surface area contributed by atoms with E-state index < -0.39 is 21.6 Å². The molecule has 0 aliphatic carbocycles. The Hall–Kier alpha value is -1.14. The number of hydrogen-bond acceptors (Lipinski definition) is 3. The van der Waals surface area contributed by atoms with Crippen molar-refractivity contribution in [3.63, 3.8) is 0 Å². The van der Waals surface area contributed by atoms with Crippen LogP contribution in [0.3, 0.4) is 0 Å². The maximum Gasteiger partial charge on any atom is 0.251 e. The van der Waals surface area contributed by atoms with Crippen LogP contribution in [0.25, 0.3) is 0 Å². The van der Waals surface area contributed by atoms with Crippen molar-refractivity contribution < 1.29 is 17.6 Å². The van der Waals surface area contributed by atoms with Gasteiger partial charge in [0.1, 0.15) is 5.82 Å². The summed E-state index contributed by atoms with van der Waals surface area (Å²) in [6.45, 7) is 0. The van der Waals surface area contributed by atoms with Crippen LogP contribution in [-0.4, -0.2) is 31.9 Å². The largest absolute Gasteiger partial charge is 0.348 e. The lowest BCUT2D eigenvalue weighted by Crippen LogP contribution is -2.35. The highest BCUT2D eigenvalue weighted by Crippen LogP contribution is 2.17. The van der Waals surface area contributed by atoms with Crippen LogP contribution >= 0.6 is 11.6 Å². The summed E-state index contributed by atoms with van der Waals surface area (Å²) in [5.41, 5.74) is 0.214. The predicted octanol–water partition coefficient (Wildman–Crippen LogP) is 1.40. The fourth-order valence-corrected chi connectivity index (χ4v) is 3.67. The molecule has 98 valence electrons. The average molecular weight is 292 g/mol. The molecule has 1 aromatic carbocycles. The van der Waals surface area contributed by atoms with E-state index in [0.29, 0.717) is 6.42 Å². The molecular formula is C11H11ClFNO3S. The second-order valence-electron chi connectivity index (χ2n) is 4.20. The minimum Gasteiger partial charge on any atom is -0.348 e. The van der Waals surface area contributed by atoms with Crippen molar-refractivity contribution in [3.05, 3.63) is 34.6 Å². The monoisotopic (exact) mass is 291 g/mol. The summed E-state index contributed by atoms with van der Waals surface area (Å²) in [7, 11) is -3.04. The van der Waals surface area contributed by atoms with E-state index in [2.05, 4.69) is 5.32 Å². The van der Waals surface area contributed by atoms with Gasteiger partial charge in [-0.2, -0.15) is 0 Å². The maximum atomic E-state index is 12.9. The Labute approximate surface area is 109 Å². The lowest BCUT2D eigenvalue weighted by atomic mass is 10.2. The van der Waals surface area contributed by atoms with E-state index in [-0.39, 0.29) is 28.1 Å². The van der Waals surface area contributed by atoms with Gasteiger partial charge < -0.3 is 5.32 Å². The lowest BCUT2D eigenvalue weighted by molar-refractivity contribution is 0.0941. The molecule has 0 bridgehead atoms. The van der Waals surface area contributed by atoms with E-state index in [4.69, 9.17) is 11.6 Å². The minimum absolute atomic E-state index is 0.0479. The summed E-state index contributed by atoms with van der Waals surface area (Å²) in [6, 6.07) is 3.24. The van der Waals surface area contributed by atoms with Crippen molar-refractivity contribution >= 4 is 27.3 Å². The third-order valence-corrected chi connectivity index (χ3v) is 4.81. The molecule has 1 aliphatic rings. The molecule has 2 rings (SSSR count). The number of hydrogen-bond donors (Lipinski definition) is 1. The van der Waals surface area contributed by atoms with Gasteiger partial charge in [-0.05, 0) is 24.6 Å². The van der Waals surface area contributed by atoms with Gasteiger partial charge in [0.15, 0.2) is 9.84 Å². The van der Waals surface area contributed by atoms with Crippen molar-refractivity contribution in [3.8, 4) is 0 Å². The Bertz CT molecular complexity index is 588. The van der Waals surface area contributed by atoms with Crippen molar-refractivity contribution in [2.24, 2.45) is 0 Å². The van der Waals surface area contributed by atoms with Crippen molar-refractivity contribution in [1.29, 1.82) is 0 Å². The number of nitrogens with one attached hydrogen (secondary N) is 1. The third kappa shape index (κ3) is 3.00. The normalized spacial score (nSPS) is 21.8. The van der Waals surface area contributed by atoms with Crippen LogP contribution in [0.4, 0.5) is 4.39 Å². The molecule has 1 N–H and O–H groups in total. The van der Waals surface area contributed by atoms with Crippen molar-refractivity contribution in [2.75, 3.05) is 11.5 Å². The molecule has 1 amide bonds. The molecule has 0 radical (unpaired) electrons. The van der Waals surface area contributed by atoms with Crippen LogP contribution in [0.15, 0.2) is 18.2 Å². The average Bonchev–Trinajstić information content (AvgIpc) is 2.62. The number of rotatable bonds is 2. The van der Waals surface area contributed by atoms with Gasteiger partial charge in [0, 0.05) is 11.6 Å². The number of halogens is 2. The Morgan fingerprint density at radius 3 is 2.72 bits per heavy atom. The molecule has 1 aliphatic heterocycles. The topological polar surface area (TPSA) is 63.2 Å². The molecule has 4 nitrogen and oxygen atoms in total. The predicted molar refractivity (Wildman–Crippen MR) is 65.9 cm³/mol. The Morgan fingerprint density at radius 2 is 2.17 bits per heavy atom. The van der Waals surface area contributed by atoms with Crippen LogP contribution in [0, 0.1) is 5.82 Å². The van der Waals surface area contributed by atoms with Crippen LogP contribution in [-0.2, 0) is 9.84 Å². The maximum absolute atomic E-state index is 12.9. The smallest absolute Gasteiger partial charge is 0.251 e. The van der Waals surface area contributed by atoms with E-state index >= 15 is 0 Å². The zero-order chi connectivity index (χ0) is 13.3. The van der Waals surface area contributed by atoms with Gasteiger partial charge >= 0.3 is 0 Å². The summed E-state index contributed by atoms with van der Waals surface area (Å²) in [6.07, 6.45) is 0.406. The molecule has 1 heterocycles. The molecular weight excluding hydrogens is 281 g/mol. The van der Waals surface area contributed by atoms with Crippen LogP contribution in [0.5, 0.6) is 0 Å². The second-order valence-corrected chi connectivity index (χ2v) is 6.84. The van der Waals surface area contributed by atoms with Gasteiger partial charge in [-0.25, -0.2) is 12.8 Å². The zero-order valence-corrected chi connectivity index (χ0v) is 10.9. The molecule has 0 saturated carbocycles. The number of sulfone groups is 1. The number of amides is 1. The first-order valence-corrected chi connectivity index (χ1v) is 7.54. The third-order valence-electron chi connectivity index (χ3n) is 2.75. The first-order valence-electron chi connectivity index (χ1n) is 5.34. The van der Waals surface area contributed by atoms with Crippen molar-refractivity contribution in [1.82, 2.24) is 5.32 Å². The SMILES string of the molecule is O=C(NC1CCS(=O)(=O)C1)c1ccc(F)c(Cl)c1. The molecule has 1 aromatic rings. The number of carbonyl (C=O) groups excluding carboxylic acids is 1. The van der Waals surface area contributed by atoms with E-state index in [0.717, 1.165) is 6.07 Å². The number of carbonyl (C=O) groups is 1. The molecule has 7 heteroatoms. The molecule has 0 spiro atoms. The number of benzene rings is 1. The Morgan fingerprint density at radius 1 is 1.44 bits per heavy atom. The van der Waals surface area contributed by atoms with Gasteiger partial charge in [-0.1, -0.05) is 11.6 Å². The van der Waals surface area contributed by atoms with Gasteiger partial charge in [-0.15, -0.1) is 0 Å². The van der Waals surface area contributed by atoms with E-state index in [1.54, 1.807) is 0 Å². The van der Waals surface area contributed by atoms with E-state index in [1.165, 1.54) is 12.1 Å². The fraction of sp³-hybridized carbons (Fsp3) is 0.364. The summed E-state index contributed by atoms with van der Waals surface area (Å²) < 4.78 is 35.4. The van der Waals surface area contributed by atoms with E-state index in [9.17, 15) is 17.6 Å². The first-order chi connectivity index (χ1) is 8.37.